The molecule has 0 rings (SSSR count). The summed E-state index contributed by atoms with van der Waals surface area (Å²) in [6, 6.07) is 0. The van der Waals surface area contributed by atoms with Crippen molar-refractivity contribution in [1.82, 2.24) is 0 Å². The highest BCUT2D eigenvalue weighted by molar-refractivity contribution is 7.56. The summed E-state index contributed by atoms with van der Waals surface area (Å²) in [6.07, 6.45) is -1.03. The van der Waals surface area contributed by atoms with Gasteiger partial charge in [-0.05, 0) is 27.2 Å². The Hall–Kier alpha value is -0.990. The first kappa shape index (κ1) is 23.0. The molecule has 0 spiro atoms. The standard InChI is InChI=1S/C14H27O9P/c1-4-21-13(18)14(11-12(16)17,7-9-20-10-8-15)24(19,22-5-2)23-6-3/h15H,4-11H2,1-3H3,(H,16,17). The Morgan fingerprint density at radius 1 is 1.04 bits per heavy atom. The molecule has 0 fully saturated rings. The molecule has 0 saturated carbocycles. The zero-order valence-electron chi connectivity index (χ0n) is 14.4. The minimum Gasteiger partial charge on any atom is -0.481 e. The minimum atomic E-state index is -4.15. The number of carboxylic acids is 1. The smallest absolute Gasteiger partial charge is 0.348 e. The quantitative estimate of drug-likeness (QED) is 0.265. The third-order valence-electron chi connectivity index (χ3n) is 3.12. The lowest BCUT2D eigenvalue weighted by Gasteiger charge is -2.35. The van der Waals surface area contributed by atoms with Gasteiger partial charge >= 0.3 is 19.5 Å². The van der Waals surface area contributed by atoms with Crippen LogP contribution in [0.2, 0.25) is 0 Å². The van der Waals surface area contributed by atoms with Crippen LogP contribution in [0.4, 0.5) is 0 Å². The lowest BCUT2D eigenvalue weighted by atomic mass is 10.0. The van der Waals surface area contributed by atoms with Gasteiger partial charge in [-0.25, -0.2) is 0 Å². The zero-order valence-corrected chi connectivity index (χ0v) is 15.3. The number of aliphatic hydroxyl groups excluding tert-OH is 1. The number of carboxylic acid groups (broad SMARTS) is 1. The molecule has 142 valence electrons. The number of rotatable bonds is 14. The van der Waals surface area contributed by atoms with Crippen molar-refractivity contribution in [3.05, 3.63) is 0 Å². The van der Waals surface area contributed by atoms with Crippen LogP contribution >= 0.6 is 7.60 Å². The molecule has 0 heterocycles. The molecule has 0 aromatic carbocycles. The summed E-state index contributed by atoms with van der Waals surface area (Å²) in [4.78, 5) is 23.9. The van der Waals surface area contributed by atoms with Gasteiger partial charge in [0.15, 0.2) is 5.16 Å². The zero-order chi connectivity index (χ0) is 18.6. The molecule has 0 aromatic heterocycles. The maximum atomic E-state index is 13.2. The molecule has 1 unspecified atom stereocenters. The molecule has 0 aliphatic carbocycles. The lowest BCUT2D eigenvalue weighted by molar-refractivity contribution is -0.152. The lowest BCUT2D eigenvalue weighted by Crippen LogP contribution is -2.44. The van der Waals surface area contributed by atoms with Crippen LogP contribution in [0.3, 0.4) is 0 Å². The summed E-state index contributed by atoms with van der Waals surface area (Å²) in [5.74, 6) is -2.31. The maximum absolute atomic E-state index is 13.2. The van der Waals surface area contributed by atoms with Crippen LogP contribution in [-0.4, -0.2) is 66.9 Å². The number of carbonyl (C=O) groups excluding carboxylic acids is 1. The number of aliphatic hydroxyl groups is 1. The predicted octanol–water partition coefficient (Wildman–Crippen LogP) is 1.43. The molecule has 0 aromatic rings. The Morgan fingerprint density at radius 2 is 1.62 bits per heavy atom. The van der Waals surface area contributed by atoms with Crippen LogP contribution in [0.5, 0.6) is 0 Å². The molecule has 1 atom stereocenters. The fourth-order valence-corrected chi connectivity index (χ4v) is 4.39. The molecule has 0 aliphatic heterocycles. The monoisotopic (exact) mass is 370 g/mol. The third-order valence-corrected chi connectivity index (χ3v) is 5.93. The van der Waals surface area contributed by atoms with Gasteiger partial charge in [-0.3, -0.25) is 14.2 Å². The maximum Gasteiger partial charge on any atom is 0.348 e. The Morgan fingerprint density at radius 3 is 2.04 bits per heavy atom. The average Bonchev–Trinajstić information content (AvgIpc) is 2.50. The van der Waals surface area contributed by atoms with E-state index in [0.717, 1.165) is 0 Å². The SMILES string of the molecule is CCOC(=O)C(CCOCCO)(CC(=O)O)P(=O)(OCC)OCC. The van der Waals surface area contributed by atoms with Crippen molar-refractivity contribution in [1.29, 1.82) is 0 Å². The second-order valence-corrected chi connectivity index (χ2v) is 7.11. The first-order chi connectivity index (χ1) is 11.3. The summed E-state index contributed by atoms with van der Waals surface area (Å²) in [6.45, 7) is 4.24. The normalized spacial score (nSPS) is 14.2. The van der Waals surface area contributed by atoms with Gasteiger partial charge in [-0.15, -0.1) is 0 Å². The number of hydrogen-bond acceptors (Lipinski definition) is 8. The number of ether oxygens (including phenoxy) is 2. The molecule has 10 heteroatoms. The Balaban J connectivity index is 5.87. The van der Waals surface area contributed by atoms with Gasteiger partial charge in [-0.2, -0.15) is 0 Å². The van der Waals surface area contributed by atoms with Crippen LogP contribution in [0, 0.1) is 0 Å². The van der Waals surface area contributed by atoms with Gasteiger partial charge in [0, 0.05) is 6.61 Å². The van der Waals surface area contributed by atoms with E-state index in [0.29, 0.717) is 0 Å². The highest BCUT2D eigenvalue weighted by Crippen LogP contribution is 2.63. The van der Waals surface area contributed by atoms with Crippen LogP contribution in [-0.2, 0) is 32.7 Å². The van der Waals surface area contributed by atoms with E-state index in [9.17, 15) is 19.3 Å². The fourth-order valence-electron chi connectivity index (χ4n) is 2.16. The van der Waals surface area contributed by atoms with Gasteiger partial charge in [0.05, 0.1) is 39.5 Å². The van der Waals surface area contributed by atoms with Gasteiger partial charge in [0.2, 0.25) is 0 Å². The van der Waals surface area contributed by atoms with Gasteiger partial charge in [0.1, 0.15) is 0 Å². The van der Waals surface area contributed by atoms with E-state index in [1.54, 1.807) is 20.8 Å². The first-order valence-electron chi connectivity index (χ1n) is 7.80. The third kappa shape index (κ3) is 6.14. The molecule has 0 amide bonds. The second-order valence-electron chi connectivity index (χ2n) is 4.74. The molecule has 24 heavy (non-hydrogen) atoms. The Bertz CT molecular complexity index is 430. The van der Waals surface area contributed by atoms with Crippen LogP contribution in [0.1, 0.15) is 33.6 Å². The summed E-state index contributed by atoms with van der Waals surface area (Å²) in [5.41, 5.74) is 0. The number of aliphatic carboxylic acids is 1. The Kier molecular flexibility index (Phi) is 11.1. The van der Waals surface area contributed by atoms with E-state index in [-0.39, 0.29) is 46.1 Å². The van der Waals surface area contributed by atoms with E-state index in [1.165, 1.54) is 0 Å². The van der Waals surface area contributed by atoms with Crippen molar-refractivity contribution in [2.75, 3.05) is 39.6 Å². The second kappa shape index (κ2) is 11.5. The largest absolute Gasteiger partial charge is 0.481 e. The molecule has 0 bridgehead atoms. The van der Waals surface area contributed by atoms with Crippen LogP contribution in [0.15, 0.2) is 0 Å². The molecule has 0 radical (unpaired) electrons. The summed E-state index contributed by atoms with van der Waals surface area (Å²) in [7, 11) is -4.15. The summed E-state index contributed by atoms with van der Waals surface area (Å²) in [5, 5.41) is 16.0. The Labute approximate surface area is 141 Å². The first-order valence-corrected chi connectivity index (χ1v) is 9.34. The molecule has 9 nitrogen and oxygen atoms in total. The van der Waals surface area contributed by atoms with Crippen molar-refractivity contribution in [3.63, 3.8) is 0 Å². The van der Waals surface area contributed by atoms with E-state index < -0.39 is 31.1 Å². The van der Waals surface area contributed by atoms with E-state index >= 15 is 0 Å². The van der Waals surface area contributed by atoms with E-state index in [2.05, 4.69) is 0 Å². The van der Waals surface area contributed by atoms with E-state index in [1.807, 2.05) is 0 Å². The van der Waals surface area contributed by atoms with E-state index in [4.69, 9.17) is 23.6 Å². The van der Waals surface area contributed by atoms with Crippen LogP contribution < -0.4 is 0 Å². The predicted molar refractivity (Wildman–Crippen MR) is 85.0 cm³/mol. The molecule has 0 saturated heterocycles. The molecular formula is C14H27O9P. The molecule has 0 aliphatic rings. The van der Waals surface area contributed by atoms with Crippen LogP contribution in [0.25, 0.3) is 0 Å². The van der Waals surface area contributed by atoms with Crippen molar-refractivity contribution in [2.24, 2.45) is 0 Å². The highest BCUT2D eigenvalue weighted by Gasteiger charge is 2.59. The number of hydrogen-bond donors (Lipinski definition) is 2. The summed E-state index contributed by atoms with van der Waals surface area (Å²) < 4.78 is 33.8. The summed E-state index contributed by atoms with van der Waals surface area (Å²) >= 11 is 0. The highest BCUT2D eigenvalue weighted by atomic mass is 31.2. The van der Waals surface area contributed by atoms with Crippen molar-refractivity contribution >= 4 is 19.5 Å². The average molecular weight is 370 g/mol. The van der Waals surface area contributed by atoms with Crippen molar-refractivity contribution in [2.45, 2.75) is 38.8 Å². The molecule has 2 N–H and O–H groups in total. The van der Waals surface area contributed by atoms with Crippen molar-refractivity contribution < 1.29 is 42.9 Å². The topological polar surface area (TPSA) is 129 Å². The van der Waals surface area contributed by atoms with Gasteiger partial charge < -0.3 is 28.7 Å². The minimum absolute atomic E-state index is 0.000448. The number of esters is 1. The fraction of sp³-hybridized carbons (Fsp3) is 0.857. The molecular weight excluding hydrogens is 343 g/mol. The number of carbonyl (C=O) groups is 2. The van der Waals surface area contributed by atoms with Gasteiger partial charge in [0.25, 0.3) is 0 Å². The van der Waals surface area contributed by atoms with Crippen molar-refractivity contribution in [3.8, 4) is 0 Å². The van der Waals surface area contributed by atoms with Gasteiger partial charge in [-0.1, -0.05) is 0 Å².